The number of hydrogen-bond acceptors (Lipinski definition) is 6. The molecular weight excluding hydrogens is 1070 g/mol. The van der Waals surface area contributed by atoms with Crippen LogP contribution in [0.15, 0.2) is 204 Å². The predicted molar refractivity (Wildman–Crippen MR) is 351 cm³/mol. The fourth-order valence-corrected chi connectivity index (χ4v) is 12.0. The fraction of sp³-hybridized carbons (Fsp3) is 0.284. The van der Waals surface area contributed by atoms with Crippen LogP contribution in [-0.2, 0) is 49.5 Å². The van der Waals surface area contributed by atoms with Crippen LogP contribution in [0.3, 0.4) is 0 Å². The fourth-order valence-electron chi connectivity index (χ4n) is 9.89. The number of carbonyl (C=O) groups is 1. The van der Waals surface area contributed by atoms with Gasteiger partial charge in [0.2, 0.25) is 0 Å². The number of aliphatic hydroxyl groups excluding tert-OH is 1. The second-order valence-corrected chi connectivity index (χ2v) is 27.3. The van der Waals surface area contributed by atoms with E-state index in [4.69, 9.17) is 15.1 Å². The molecule has 0 amide bonds. The van der Waals surface area contributed by atoms with Crippen molar-refractivity contribution in [1.29, 1.82) is 0 Å². The number of ketones is 1. The first-order valence-electron chi connectivity index (χ1n) is 28.0. The Hall–Kier alpha value is -6.50. The molecule has 7 heteroatoms. The van der Waals surface area contributed by atoms with E-state index in [0.717, 1.165) is 49.5 Å². The first kappa shape index (κ1) is 62.1. The Morgan fingerprint density at radius 3 is 1.04 bits per heavy atom. The van der Waals surface area contributed by atoms with Crippen LogP contribution in [0.2, 0.25) is 0 Å². The van der Waals surface area contributed by atoms with Crippen LogP contribution in [0.25, 0.3) is 66.8 Å². The molecule has 0 aliphatic carbocycles. The summed E-state index contributed by atoms with van der Waals surface area (Å²) < 4.78 is 0. The Morgan fingerprint density at radius 1 is 0.432 bits per heavy atom. The van der Waals surface area contributed by atoms with Gasteiger partial charge >= 0.3 is 0 Å². The molecule has 1 saturated heterocycles. The van der Waals surface area contributed by atoms with Gasteiger partial charge in [0.05, 0.1) is 18.0 Å². The smallest absolute Gasteiger partial charge is 0.155 e. The number of carbonyl (C=O) groups excluding carboxylic acids is 1. The van der Waals surface area contributed by atoms with Crippen LogP contribution in [0.1, 0.15) is 125 Å². The molecule has 0 saturated carbocycles. The van der Waals surface area contributed by atoms with Crippen molar-refractivity contribution in [3.8, 4) is 66.8 Å². The molecule has 9 rings (SSSR count). The van der Waals surface area contributed by atoms with Crippen molar-refractivity contribution in [2.24, 2.45) is 9.98 Å². The summed E-state index contributed by atoms with van der Waals surface area (Å²) in [5.41, 5.74) is 21.6. The maximum atomic E-state index is 10.0. The van der Waals surface area contributed by atoms with Gasteiger partial charge in [-0.2, -0.15) is 0 Å². The summed E-state index contributed by atoms with van der Waals surface area (Å²) >= 11 is 3.66. The van der Waals surface area contributed by atoms with Crippen molar-refractivity contribution in [1.82, 2.24) is 0 Å². The SMILES string of the molecule is CC(=O)/C=C(/C)O.CC(C)(C)c1ccc(-c2cc(-c3ccccc3)cc(-c3ccc(C(C)(C)C)cc3)c2CN=C2SCCSC2=Nc2c(-c3ccc(C(C)(C)C)cc3)cc(-c3ccccc3)cc2-c2ccc(C(C)(C)C)cc2)cc1.[Ni]. The van der Waals surface area contributed by atoms with Gasteiger partial charge in [-0.05, 0) is 143 Å². The molecule has 0 atom stereocenters. The summed E-state index contributed by atoms with van der Waals surface area (Å²) in [6.45, 7) is 30.7. The molecule has 1 fully saturated rings. The number of rotatable bonds is 10. The molecule has 0 bridgehead atoms. The van der Waals surface area contributed by atoms with Crippen LogP contribution < -0.4 is 0 Å². The maximum Gasteiger partial charge on any atom is 0.155 e. The van der Waals surface area contributed by atoms with Crippen molar-refractivity contribution in [3.05, 3.63) is 222 Å². The summed E-state index contributed by atoms with van der Waals surface area (Å²) in [5, 5.41) is 10.3. The van der Waals surface area contributed by atoms with Gasteiger partial charge in [0.25, 0.3) is 0 Å². The zero-order chi connectivity index (χ0) is 57.6. The third-order valence-electron chi connectivity index (χ3n) is 14.6. The van der Waals surface area contributed by atoms with Crippen molar-refractivity contribution in [2.75, 3.05) is 11.5 Å². The van der Waals surface area contributed by atoms with Crippen LogP contribution in [0.4, 0.5) is 5.69 Å². The van der Waals surface area contributed by atoms with Crippen molar-refractivity contribution >= 4 is 45.1 Å². The molecule has 8 aromatic carbocycles. The molecular formula is C74H80N2NiO2S2. The van der Waals surface area contributed by atoms with Gasteiger partial charge in [0.15, 0.2) is 5.78 Å². The van der Waals surface area contributed by atoms with Gasteiger partial charge in [-0.25, -0.2) is 4.99 Å². The van der Waals surface area contributed by atoms with Gasteiger partial charge in [-0.3, -0.25) is 9.79 Å². The van der Waals surface area contributed by atoms with Crippen molar-refractivity contribution in [2.45, 2.75) is 125 Å². The van der Waals surface area contributed by atoms with E-state index in [-0.39, 0.29) is 49.7 Å². The quantitative estimate of drug-likeness (QED) is 0.0842. The average Bonchev–Trinajstić information content (AvgIpc) is 3.47. The standard InChI is InChI=1S/C69H72N2S2.C5H8O2.Ni/c1-66(2,3)54-31-23-48(24-32-54)58-41-52(46-19-15-13-16-20-46)42-59(49-25-33-55(34-26-49)67(4,5)6)62(58)45-70-64-65(73-40-39-72-64)71-63-60(50-27-35-56(36-28-50)68(7,8)9)43-53(47-21-17-14-18-22-47)44-61(63)51-29-37-57(38-30-51)69(10,11)12;1-4(6)3-5(2)7;/h13-38,41-44H,39-40,45H2,1-12H3;3,6H,1-2H3;/b;4-3-;. The molecule has 81 heavy (non-hydrogen) atoms. The normalized spacial score (nSPS) is 14.3. The molecule has 4 nitrogen and oxygen atoms in total. The van der Waals surface area contributed by atoms with Gasteiger partial charge in [-0.15, -0.1) is 23.5 Å². The number of aliphatic imine (C=N–C) groups is 2. The summed E-state index contributed by atoms with van der Waals surface area (Å²) in [6.07, 6.45) is 1.17. The van der Waals surface area contributed by atoms with Crippen molar-refractivity contribution in [3.63, 3.8) is 0 Å². The van der Waals surface area contributed by atoms with E-state index >= 15 is 0 Å². The predicted octanol–water partition coefficient (Wildman–Crippen LogP) is 21.0. The number of allylic oxidation sites excluding steroid dienone is 2. The zero-order valence-electron chi connectivity index (χ0n) is 49.9. The topological polar surface area (TPSA) is 62.0 Å². The molecule has 0 unspecified atom stereocenters. The van der Waals surface area contributed by atoms with E-state index in [9.17, 15) is 4.79 Å². The Labute approximate surface area is 503 Å². The van der Waals surface area contributed by atoms with E-state index in [1.54, 1.807) is 0 Å². The Morgan fingerprint density at radius 2 is 0.741 bits per heavy atom. The summed E-state index contributed by atoms with van der Waals surface area (Å²) in [5.74, 6) is 1.86. The Kier molecular flexibility index (Phi) is 20.1. The largest absolute Gasteiger partial charge is 0.512 e. The molecule has 0 spiro atoms. The summed E-state index contributed by atoms with van der Waals surface area (Å²) in [7, 11) is 0. The molecule has 420 valence electrons. The number of benzene rings is 8. The molecule has 0 radical (unpaired) electrons. The monoisotopic (exact) mass is 1150 g/mol. The van der Waals surface area contributed by atoms with E-state index < -0.39 is 0 Å². The first-order valence-corrected chi connectivity index (χ1v) is 30.0. The molecule has 0 aromatic heterocycles. The van der Waals surface area contributed by atoms with Gasteiger partial charge in [0.1, 0.15) is 10.1 Å². The average molecular weight is 1150 g/mol. The Balaban J connectivity index is 0.00000111. The molecule has 1 N–H and O–H groups in total. The van der Waals surface area contributed by atoms with Crippen LogP contribution in [0, 0.1) is 0 Å². The van der Waals surface area contributed by atoms with Crippen LogP contribution >= 0.6 is 23.5 Å². The van der Waals surface area contributed by atoms with Gasteiger partial charge in [-0.1, -0.05) is 241 Å². The minimum absolute atomic E-state index is 0. The molecule has 8 aromatic rings. The van der Waals surface area contributed by atoms with E-state index in [0.29, 0.717) is 6.54 Å². The number of aliphatic hydroxyl groups is 1. The molecule has 1 heterocycles. The minimum atomic E-state index is -0.125. The number of hydrogen-bond donors (Lipinski definition) is 1. The second kappa shape index (κ2) is 26.2. The molecule has 1 aliphatic rings. The number of nitrogens with zero attached hydrogens (tertiary/aromatic N) is 2. The third-order valence-corrected chi connectivity index (χ3v) is 16.9. The summed E-state index contributed by atoms with van der Waals surface area (Å²) in [6, 6.07) is 67.9. The van der Waals surface area contributed by atoms with Crippen molar-refractivity contribution < 1.29 is 26.4 Å². The van der Waals surface area contributed by atoms with E-state index in [2.05, 4.69) is 265 Å². The Bertz CT molecular complexity index is 3370. The van der Waals surface area contributed by atoms with Crippen LogP contribution in [-0.4, -0.2) is 32.5 Å². The first-order chi connectivity index (χ1) is 37.8. The van der Waals surface area contributed by atoms with E-state index in [1.165, 1.54) is 92.2 Å². The van der Waals surface area contributed by atoms with E-state index in [1.807, 2.05) is 23.5 Å². The maximum absolute atomic E-state index is 10.0. The minimum Gasteiger partial charge on any atom is -0.512 e. The second-order valence-electron chi connectivity index (χ2n) is 25.1. The van der Waals surface area contributed by atoms with Crippen LogP contribution in [0.5, 0.6) is 0 Å². The number of thioether (sulfide) groups is 2. The third kappa shape index (κ3) is 15.9. The summed E-state index contributed by atoms with van der Waals surface area (Å²) in [4.78, 5) is 21.6. The van der Waals surface area contributed by atoms with Gasteiger partial charge in [0, 0.05) is 45.2 Å². The zero-order valence-corrected chi connectivity index (χ0v) is 52.5. The van der Waals surface area contributed by atoms with Gasteiger partial charge < -0.3 is 5.11 Å². The molecule has 1 aliphatic heterocycles.